The van der Waals surface area contributed by atoms with Gasteiger partial charge in [-0.1, -0.05) is 18.8 Å². The number of carbonyl (C=O) groups excluding carboxylic acids is 1. The molecule has 0 bridgehead atoms. The zero-order valence-electron chi connectivity index (χ0n) is 18.9. The predicted octanol–water partition coefficient (Wildman–Crippen LogP) is 5.19. The van der Waals surface area contributed by atoms with Crippen molar-refractivity contribution in [2.75, 3.05) is 0 Å². The number of ketones is 1. The first-order valence-corrected chi connectivity index (χ1v) is 11.8. The topological polar surface area (TPSA) is 68.9 Å². The average molecular weight is 442 g/mol. The van der Waals surface area contributed by atoms with E-state index >= 15 is 0 Å². The van der Waals surface area contributed by atoms with E-state index in [9.17, 15) is 9.18 Å². The Bertz CT molecular complexity index is 1260. The molecular formula is C28H28FN3O. The van der Waals surface area contributed by atoms with Crippen molar-refractivity contribution >= 4 is 16.7 Å². The van der Waals surface area contributed by atoms with Crippen molar-refractivity contribution in [2.24, 2.45) is 17.6 Å². The lowest BCUT2D eigenvalue weighted by atomic mass is 9.75. The Morgan fingerprint density at radius 3 is 2.82 bits per heavy atom. The fraction of sp³-hybridized carbons (Fsp3) is 0.393. The van der Waals surface area contributed by atoms with Crippen molar-refractivity contribution in [3.63, 3.8) is 0 Å². The molecule has 2 saturated carbocycles. The maximum absolute atomic E-state index is 14.6. The van der Waals surface area contributed by atoms with E-state index in [0.29, 0.717) is 39.8 Å². The number of carbonyl (C=O) groups is 1. The molecule has 2 aliphatic rings. The third-order valence-electron chi connectivity index (χ3n) is 6.81. The van der Waals surface area contributed by atoms with E-state index < -0.39 is 5.82 Å². The highest BCUT2D eigenvalue weighted by Crippen LogP contribution is 2.37. The number of aromatic nitrogens is 2. The van der Waals surface area contributed by atoms with Crippen molar-refractivity contribution in [1.82, 2.24) is 9.97 Å². The summed E-state index contributed by atoms with van der Waals surface area (Å²) in [5, 5.41) is 0.335. The number of benzene rings is 1. The molecule has 0 spiro atoms. The lowest BCUT2D eigenvalue weighted by molar-refractivity contribution is 0.0994. The largest absolute Gasteiger partial charge is 0.328 e. The standard InChI is InChI=1S/C28H28FN3O/c1-17-10-20(13-22(30)11-17)23-8-9-31-16-21(23)14-27(33)24-6-7-26(29)25-12-19(15-32-28(24)25)5-4-18-2-3-18/h6-9,12,15-18,20,22H,2-3,10-11,13-14,30H2,1H3/t17-,20+,22-/m0/s1. The average Bonchev–Trinajstić information content (AvgIpc) is 3.62. The molecule has 2 aliphatic carbocycles. The quantitative estimate of drug-likeness (QED) is 0.447. The Morgan fingerprint density at radius 1 is 1.18 bits per heavy atom. The van der Waals surface area contributed by atoms with Gasteiger partial charge in [0.15, 0.2) is 5.78 Å². The van der Waals surface area contributed by atoms with Crippen LogP contribution in [0.5, 0.6) is 0 Å². The summed E-state index contributed by atoms with van der Waals surface area (Å²) in [6, 6.07) is 6.78. The van der Waals surface area contributed by atoms with Gasteiger partial charge in [-0.3, -0.25) is 14.8 Å². The second-order valence-electron chi connectivity index (χ2n) is 9.70. The minimum absolute atomic E-state index is 0.0910. The highest BCUT2D eigenvalue weighted by Gasteiger charge is 2.27. The van der Waals surface area contributed by atoms with Crippen LogP contribution in [0.15, 0.2) is 42.9 Å². The molecule has 2 heterocycles. The number of fused-ring (bicyclic) bond motifs is 1. The van der Waals surface area contributed by atoms with Crippen LogP contribution < -0.4 is 5.73 Å². The molecule has 2 fully saturated rings. The first kappa shape index (κ1) is 21.7. The monoisotopic (exact) mass is 441 g/mol. The molecule has 1 aromatic carbocycles. The summed E-state index contributed by atoms with van der Waals surface area (Å²) >= 11 is 0. The predicted molar refractivity (Wildman–Crippen MR) is 127 cm³/mol. The van der Waals surface area contributed by atoms with Crippen molar-refractivity contribution in [1.29, 1.82) is 0 Å². The molecule has 33 heavy (non-hydrogen) atoms. The fourth-order valence-electron chi connectivity index (χ4n) is 5.06. The molecule has 2 aromatic heterocycles. The van der Waals surface area contributed by atoms with Gasteiger partial charge in [0.05, 0.1) is 5.52 Å². The first-order valence-electron chi connectivity index (χ1n) is 11.8. The summed E-state index contributed by atoms with van der Waals surface area (Å²) in [6.45, 7) is 2.23. The normalized spacial score (nSPS) is 22.6. The molecule has 4 nitrogen and oxygen atoms in total. The lowest BCUT2D eigenvalue weighted by Crippen LogP contribution is -2.31. The minimum atomic E-state index is -0.392. The summed E-state index contributed by atoms with van der Waals surface area (Å²) < 4.78 is 14.6. The van der Waals surface area contributed by atoms with E-state index in [0.717, 1.165) is 43.2 Å². The number of halogens is 1. The molecular weight excluding hydrogens is 413 g/mol. The van der Waals surface area contributed by atoms with Gasteiger partial charge in [-0.2, -0.15) is 0 Å². The van der Waals surface area contributed by atoms with Gasteiger partial charge in [-0.25, -0.2) is 4.39 Å². The van der Waals surface area contributed by atoms with E-state index in [1.54, 1.807) is 24.7 Å². The smallest absolute Gasteiger partial charge is 0.169 e. The van der Waals surface area contributed by atoms with Crippen LogP contribution in [-0.2, 0) is 6.42 Å². The van der Waals surface area contributed by atoms with Crippen LogP contribution in [0.1, 0.15) is 72.0 Å². The molecule has 5 rings (SSSR count). The number of hydrogen-bond acceptors (Lipinski definition) is 4. The van der Waals surface area contributed by atoms with Gasteiger partial charge in [-0.05, 0) is 79.3 Å². The molecule has 0 radical (unpaired) electrons. The Kier molecular flexibility index (Phi) is 5.95. The number of pyridine rings is 2. The molecule has 0 saturated heterocycles. The lowest BCUT2D eigenvalue weighted by Gasteiger charge is -2.32. The second kappa shape index (κ2) is 9.03. The third-order valence-corrected chi connectivity index (χ3v) is 6.81. The van der Waals surface area contributed by atoms with Crippen LogP contribution in [0.3, 0.4) is 0 Å². The Balaban J connectivity index is 1.44. The Hall–Kier alpha value is -3.10. The maximum atomic E-state index is 14.6. The Labute approximate surface area is 193 Å². The molecule has 2 N–H and O–H groups in total. The number of nitrogens with zero attached hydrogens (tertiary/aromatic N) is 2. The molecule has 168 valence electrons. The van der Waals surface area contributed by atoms with E-state index in [2.05, 4.69) is 28.7 Å². The summed E-state index contributed by atoms with van der Waals surface area (Å²) in [5.74, 6) is 7.11. The van der Waals surface area contributed by atoms with E-state index in [4.69, 9.17) is 5.73 Å². The zero-order valence-corrected chi connectivity index (χ0v) is 18.9. The van der Waals surface area contributed by atoms with Gasteiger partial charge in [0.2, 0.25) is 0 Å². The SMILES string of the molecule is C[C@@H]1C[C@H](N)C[C@H](c2ccncc2CC(=O)c2ccc(F)c3cc(C#CC4CC4)cnc23)C1. The minimum Gasteiger partial charge on any atom is -0.328 e. The highest BCUT2D eigenvalue weighted by molar-refractivity contribution is 6.07. The molecule has 3 atom stereocenters. The van der Waals surface area contributed by atoms with Crippen molar-refractivity contribution < 1.29 is 9.18 Å². The van der Waals surface area contributed by atoms with Crippen LogP contribution in [0.25, 0.3) is 10.9 Å². The highest BCUT2D eigenvalue weighted by atomic mass is 19.1. The summed E-state index contributed by atoms with van der Waals surface area (Å²) in [4.78, 5) is 22.1. The number of Topliss-reactive ketones (excluding diaryl/α,β-unsaturated/α-hetero) is 1. The van der Waals surface area contributed by atoms with Crippen LogP contribution in [0, 0.1) is 29.5 Å². The summed E-state index contributed by atoms with van der Waals surface area (Å²) in [6.07, 6.45) is 10.7. The van der Waals surface area contributed by atoms with Gasteiger partial charge < -0.3 is 5.73 Å². The van der Waals surface area contributed by atoms with Crippen LogP contribution in [0.2, 0.25) is 0 Å². The zero-order chi connectivity index (χ0) is 22.9. The summed E-state index contributed by atoms with van der Waals surface area (Å²) in [5.41, 5.74) is 9.84. The van der Waals surface area contributed by atoms with Crippen LogP contribution in [-0.4, -0.2) is 21.8 Å². The first-order chi connectivity index (χ1) is 16.0. The van der Waals surface area contributed by atoms with Crippen molar-refractivity contribution in [3.8, 4) is 11.8 Å². The van der Waals surface area contributed by atoms with Crippen molar-refractivity contribution in [2.45, 2.75) is 57.4 Å². The van der Waals surface area contributed by atoms with E-state index in [1.807, 2.05) is 6.07 Å². The van der Waals surface area contributed by atoms with Crippen molar-refractivity contribution in [3.05, 3.63) is 70.9 Å². The van der Waals surface area contributed by atoms with Crippen LogP contribution >= 0.6 is 0 Å². The van der Waals surface area contributed by atoms with Gasteiger partial charge in [0.1, 0.15) is 5.82 Å². The third kappa shape index (κ3) is 4.82. The summed E-state index contributed by atoms with van der Waals surface area (Å²) in [7, 11) is 0. The molecule has 0 aliphatic heterocycles. The number of rotatable bonds is 4. The molecule has 0 amide bonds. The molecule has 0 unspecified atom stereocenters. The second-order valence-corrected chi connectivity index (χ2v) is 9.70. The fourth-order valence-corrected chi connectivity index (χ4v) is 5.06. The molecule has 3 aromatic rings. The van der Waals surface area contributed by atoms with Gasteiger partial charge in [0, 0.05) is 53.5 Å². The number of hydrogen-bond donors (Lipinski definition) is 1. The van der Waals surface area contributed by atoms with E-state index in [-0.39, 0.29) is 18.2 Å². The van der Waals surface area contributed by atoms with Crippen LogP contribution in [0.4, 0.5) is 4.39 Å². The van der Waals surface area contributed by atoms with Gasteiger partial charge >= 0.3 is 0 Å². The van der Waals surface area contributed by atoms with E-state index in [1.165, 1.54) is 12.1 Å². The number of nitrogens with two attached hydrogens (primary N) is 1. The molecule has 5 heteroatoms. The van der Waals surface area contributed by atoms with Gasteiger partial charge in [-0.15, -0.1) is 0 Å². The Morgan fingerprint density at radius 2 is 2.03 bits per heavy atom. The maximum Gasteiger partial charge on any atom is 0.169 e. The van der Waals surface area contributed by atoms with Gasteiger partial charge in [0.25, 0.3) is 0 Å².